The number of nitrogens with zero attached hydrogens (tertiary/aromatic N) is 2. The molecule has 0 saturated heterocycles. The molecule has 1 atom stereocenters. The molecule has 0 aliphatic carbocycles. The van der Waals surface area contributed by atoms with Crippen molar-refractivity contribution in [3.05, 3.63) is 47.8 Å². The number of nitrogens with one attached hydrogen (secondary N) is 1. The number of fused-ring (bicyclic) bond motifs is 1. The summed E-state index contributed by atoms with van der Waals surface area (Å²) in [5.74, 6) is 0. The van der Waals surface area contributed by atoms with Gasteiger partial charge in [0.25, 0.3) is 0 Å². The smallest absolute Gasteiger partial charge is 0.194 e. The second-order valence-electron chi connectivity index (χ2n) is 5.32. The van der Waals surface area contributed by atoms with Gasteiger partial charge < -0.3 is 10.4 Å². The minimum Gasteiger partial charge on any atom is -0.392 e. The van der Waals surface area contributed by atoms with Crippen LogP contribution in [-0.4, -0.2) is 27.3 Å². The zero-order valence-electron chi connectivity index (χ0n) is 12.2. The summed E-state index contributed by atoms with van der Waals surface area (Å²) in [7, 11) is 0. The van der Waals surface area contributed by atoms with Gasteiger partial charge in [-0.2, -0.15) is 0 Å². The molecule has 0 aliphatic heterocycles. The minimum atomic E-state index is -0.334. The van der Waals surface area contributed by atoms with Crippen molar-refractivity contribution < 1.29 is 5.11 Å². The Morgan fingerprint density at radius 2 is 2.24 bits per heavy atom. The number of aliphatic hydroxyl groups excluding tert-OH is 1. The molecule has 0 radical (unpaired) electrons. The lowest BCUT2D eigenvalue weighted by Gasteiger charge is -2.08. The van der Waals surface area contributed by atoms with Crippen LogP contribution in [0.15, 0.2) is 36.5 Å². The number of benzene rings is 1. The van der Waals surface area contributed by atoms with Gasteiger partial charge in [-0.15, -0.1) is 0 Å². The second-order valence-corrected chi connectivity index (χ2v) is 6.33. The first kappa shape index (κ1) is 14.3. The molecule has 0 aliphatic rings. The van der Waals surface area contributed by atoms with E-state index in [2.05, 4.69) is 41.1 Å². The molecule has 0 spiro atoms. The highest BCUT2D eigenvalue weighted by molar-refractivity contribution is 7.20. The normalized spacial score (nSPS) is 12.9. The zero-order valence-corrected chi connectivity index (χ0v) is 13.0. The summed E-state index contributed by atoms with van der Waals surface area (Å²) < 4.78 is 3.32. The Labute approximate surface area is 128 Å². The third-order valence-electron chi connectivity index (χ3n) is 3.32. The second kappa shape index (κ2) is 5.97. The van der Waals surface area contributed by atoms with Gasteiger partial charge in [-0.25, -0.2) is 4.98 Å². The molecule has 3 rings (SSSR count). The number of hydrogen-bond acceptors (Lipinski definition) is 4. The van der Waals surface area contributed by atoms with Crippen molar-refractivity contribution in [1.29, 1.82) is 0 Å². The molecule has 2 N–H and O–H groups in total. The first-order valence-electron chi connectivity index (χ1n) is 7.06. The maximum Gasteiger partial charge on any atom is 0.194 e. The van der Waals surface area contributed by atoms with E-state index in [0.717, 1.165) is 16.3 Å². The Morgan fingerprint density at radius 1 is 1.38 bits per heavy atom. The molecule has 110 valence electrons. The fourth-order valence-corrected chi connectivity index (χ4v) is 3.36. The summed E-state index contributed by atoms with van der Waals surface area (Å²) in [4.78, 5) is 4.70. The molecule has 0 amide bonds. The van der Waals surface area contributed by atoms with E-state index in [-0.39, 0.29) is 6.10 Å². The van der Waals surface area contributed by atoms with Crippen molar-refractivity contribution in [2.75, 3.05) is 6.54 Å². The lowest BCUT2D eigenvalue weighted by molar-refractivity contribution is 0.190. The van der Waals surface area contributed by atoms with Gasteiger partial charge in [0.2, 0.25) is 0 Å². The van der Waals surface area contributed by atoms with Gasteiger partial charge in [0.05, 0.1) is 16.3 Å². The van der Waals surface area contributed by atoms with Crippen LogP contribution in [-0.2, 0) is 6.54 Å². The summed E-state index contributed by atoms with van der Waals surface area (Å²) in [5, 5.41) is 13.5. The van der Waals surface area contributed by atoms with E-state index in [1.807, 2.05) is 12.3 Å². The topological polar surface area (TPSA) is 50.1 Å². The van der Waals surface area contributed by atoms with Crippen LogP contribution in [0, 0.1) is 6.92 Å². The van der Waals surface area contributed by atoms with Gasteiger partial charge in [-0.1, -0.05) is 17.4 Å². The SMILES string of the molecule is Cc1ccc2nc(-n3cccc3CNCC(C)O)sc2c1. The lowest BCUT2D eigenvalue weighted by Crippen LogP contribution is -2.24. The zero-order chi connectivity index (χ0) is 14.8. The first-order valence-corrected chi connectivity index (χ1v) is 7.88. The summed E-state index contributed by atoms with van der Waals surface area (Å²) in [6.45, 7) is 5.18. The van der Waals surface area contributed by atoms with Crippen molar-refractivity contribution in [2.45, 2.75) is 26.5 Å². The molecule has 0 fully saturated rings. The van der Waals surface area contributed by atoms with E-state index in [1.165, 1.54) is 10.3 Å². The standard InChI is InChI=1S/C16H19N3OS/c1-11-5-6-14-15(8-11)21-16(18-14)19-7-3-4-13(19)10-17-9-12(2)20/h3-8,12,17,20H,9-10H2,1-2H3. The molecule has 1 aromatic carbocycles. The molecule has 1 unspecified atom stereocenters. The summed E-state index contributed by atoms with van der Waals surface area (Å²) in [5.41, 5.74) is 3.44. The Bertz CT molecular complexity index is 745. The number of aromatic nitrogens is 2. The molecule has 4 nitrogen and oxygen atoms in total. The van der Waals surface area contributed by atoms with Crippen LogP contribution in [0.3, 0.4) is 0 Å². The molecule has 0 bridgehead atoms. The predicted molar refractivity (Wildman–Crippen MR) is 87.1 cm³/mol. The van der Waals surface area contributed by atoms with E-state index in [4.69, 9.17) is 4.98 Å². The van der Waals surface area contributed by atoms with Crippen LogP contribution in [0.4, 0.5) is 0 Å². The average molecular weight is 301 g/mol. The van der Waals surface area contributed by atoms with Gasteiger partial charge in [-0.05, 0) is 43.7 Å². The number of aryl methyl sites for hydroxylation is 1. The Balaban J connectivity index is 1.87. The monoisotopic (exact) mass is 301 g/mol. The van der Waals surface area contributed by atoms with E-state index in [0.29, 0.717) is 13.1 Å². The summed E-state index contributed by atoms with van der Waals surface area (Å²) in [6, 6.07) is 10.4. The fourth-order valence-electron chi connectivity index (χ4n) is 2.28. The number of thiazole rings is 1. The quantitative estimate of drug-likeness (QED) is 0.762. The van der Waals surface area contributed by atoms with Gasteiger partial charge in [-0.3, -0.25) is 4.57 Å². The van der Waals surface area contributed by atoms with Gasteiger partial charge in [0.15, 0.2) is 5.13 Å². The fraction of sp³-hybridized carbons (Fsp3) is 0.312. The van der Waals surface area contributed by atoms with Crippen LogP contribution in [0.1, 0.15) is 18.2 Å². The van der Waals surface area contributed by atoms with Crippen molar-refractivity contribution in [1.82, 2.24) is 14.9 Å². The third kappa shape index (κ3) is 3.15. The third-order valence-corrected chi connectivity index (χ3v) is 4.34. The van der Waals surface area contributed by atoms with Crippen LogP contribution < -0.4 is 5.32 Å². The molecule has 3 aromatic rings. The summed E-state index contributed by atoms with van der Waals surface area (Å²) in [6.07, 6.45) is 1.70. The minimum absolute atomic E-state index is 0.334. The first-order chi connectivity index (χ1) is 10.1. The highest BCUT2D eigenvalue weighted by atomic mass is 32.1. The largest absolute Gasteiger partial charge is 0.392 e. The summed E-state index contributed by atoms with van der Waals surface area (Å²) >= 11 is 1.70. The Morgan fingerprint density at radius 3 is 3.05 bits per heavy atom. The van der Waals surface area contributed by atoms with E-state index in [9.17, 15) is 5.11 Å². The van der Waals surface area contributed by atoms with E-state index >= 15 is 0 Å². The van der Waals surface area contributed by atoms with Gasteiger partial charge >= 0.3 is 0 Å². The van der Waals surface area contributed by atoms with Crippen molar-refractivity contribution in [3.63, 3.8) is 0 Å². The molecule has 2 heterocycles. The van der Waals surface area contributed by atoms with Gasteiger partial charge in [0.1, 0.15) is 0 Å². The van der Waals surface area contributed by atoms with Crippen LogP contribution in [0.5, 0.6) is 0 Å². The molecule has 5 heteroatoms. The van der Waals surface area contributed by atoms with Crippen molar-refractivity contribution in [2.24, 2.45) is 0 Å². The highest BCUT2D eigenvalue weighted by Crippen LogP contribution is 2.26. The predicted octanol–water partition coefficient (Wildman–Crippen LogP) is 2.87. The molecular formula is C16H19N3OS. The molecular weight excluding hydrogens is 282 g/mol. The van der Waals surface area contributed by atoms with E-state index in [1.54, 1.807) is 18.3 Å². The maximum absolute atomic E-state index is 9.31. The van der Waals surface area contributed by atoms with Crippen molar-refractivity contribution >= 4 is 21.6 Å². The molecule has 21 heavy (non-hydrogen) atoms. The van der Waals surface area contributed by atoms with Crippen LogP contribution >= 0.6 is 11.3 Å². The van der Waals surface area contributed by atoms with Crippen LogP contribution in [0.2, 0.25) is 0 Å². The lowest BCUT2D eigenvalue weighted by atomic mass is 10.2. The van der Waals surface area contributed by atoms with E-state index < -0.39 is 0 Å². The average Bonchev–Trinajstić information content (AvgIpc) is 3.03. The Hall–Kier alpha value is -1.69. The molecule has 2 aromatic heterocycles. The Kier molecular flexibility index (Phi) is 4.05. The van der Waals surface area contributed by atoms with Crippen LogP contribution in [0.25, 0.3) is 15.3 Å². The maximum atomic E-state index is 9.31. The molecule has 0 saturated carbocycles. The number of hydrogen-bond donors (Lipinski definition) is 2. The number of rotatable bonds is 5. The van der Waals surface area contributed by atoms with Crippen molar-refractivity contribution in [3.8, 4) is 5.13 Å². The van der Waals surface area contributed by atoms with Gasteiger partial charge in [0, 0.05) is 25.0 Å². The highest BCUT2D eigenvalue weighted by Gasteiger charge is 2.09. The number of aliphatic hydroxyl groups is 1.